The molecule has 21 heavy (non-hydrogen) atoms. The van der Waals surface area contributed by atoms with Crippen molar-refractivity contribution in [3.05, 3.63) is 35.4 Å². The smallest absolute Gasteiger partial charge is 0.344 e. The fourth-order valence-corrected chi connectivity index (χ4v) is 1.60. The van der Waals surface area contributed by atoms with Gasteiger partial charge in [-0.3, -0.25) is 4.79 Å². The lowest BCUT2D eigenvalue weighted by Crippen LogP contribution is -2.28. The molecule has 0 amide bonds. The van der Waals surface area contributed by atoms with Crippen LogP contribution in [0.5, 0.6) is 0 Å². The first-order chi connectivity index (χ1) is 9.76. The fraction of sp³-hybridized carbons (Fsp3) is 0.529. The summed E-state index contributed by atoms with van der Waals surface area (Å²) in [4.78, 5) is 23.5. The molecule has 0 N–H and O–H groups in total. The lowest BCUT2D eigenvalue weighted by atomic mass is 9.91. The maximum Gasteiger partial charge on any atom is 0.344 e. The molecule has 1 atom stereocenters. The van der Waals surface area contributed by atoms with E-state index in [2.05, 4.69) is 0 Å². The maximum atomic E-state index is 11.8. The molecule has 0 saturated heterocycles. The second kappa shape index (κ2) is 7.25. The number of carbonyl (C=O) groups is 2. The second-order valence-corrected chi connectivity index (χ2v) is 5.86. The Morgan fingerprint density at radius 2 is 1.76 bits per heavy atom. The summed E-state index contributed by atoms with van der Waals surface area (Å²) in [7, 11) is 0. The third kappa shape index (κ3) is 5.21. The number of esters is 2. The van der Waals surface area contributed by atoms with Gasteiger partial charge in [0.2, 0.25) is 0 Å². The number of benzene rings is 1. The zero-order valence-electron chi connectivity index (χ0n) is 13.4. The van der Waals surface area contributed by atoms with E-state index in [1.54, 1.807) is 20.8 Å². The highest BCUT2D eigenvalue weighted by Crippen LogP contribution is 2.22. The molecular formula is C17H24O4. The molecule has 0 spiro atoms. The molecule has 1 aromatic carbocycles. The second-order valence-electron chi connectivity index (χ2n) is 5.86. The van der Waals surface area contributed by atoms with E-state index in [-0.39, 0.29) is 18.7 Å². The van der Waals surface area contributed by atoms with E-state index in [9.17, 15) is 9.59 Å². The molecule has 1 unspecified atom stereocenters. The molecule has 0 bridgehead atoms. The molecule has 0 aliphatic rings. The monoisotopic (exact) mass is 292 g/mol. The minimum atomic E-state index is -0.581. The standard InChI is InChI=1S/C17H24O4/c1-6-17(4,5)16(19)20-11-15(18)21-13(3)14-9-7-12(2)8-10-14/h7-10,13H,6,11H2,1-5H3. The van der Waals surface area contributed by atoms with Crippen LogP contribution in [-0.4, -0.2) is 18.5 Å². The molecule has 0 aliphatic heterocycles. The molecule has 0 fully saturated rings. The quantitative estimate of drug-likeness (QED) is 0.752. The van der Waals surface area contributed by atoms with Gasteiger partial charge in [0, 0.05) is 0 Å². The molecule has 4 heteroatoms. The highest BCUT2D eigenvalue weighted by Gasteiger charge is 2.28. The van der Waals surface area contributed by atoms with Crippen LogP contribution < -0.4 is 0 Å². The van der Waals surface area contributed by atoms with Gasteiger partial charge in [0.25, 0.3) is 0 Å². The topological polar surface area (TPSA) is 52.6 Å². The molecular weight excluding hydrogens is 268 g/mol. The largest absolute Gasteiger partial charge is 0.455 e. The van der Waals surface area contributed by atoms with Crippen LogP contribution in [0.15, 0.2) is 24.3 Å². The Bertz CT molecular complexity index is 488. The van der Waals surface area contributed by atoms with Crippen molar-refractivity contribution in [1.29, 1.82) is 0 Å². The van der Waals surface area contributed by atoms with Crippen molar-refractivity contribution in [2.24, 2.45) is 5.41 Å². The summed E-state index contributed by atoms with van der Waals surface area (Å²) in [5, 5.41) is 0. The molecule has 0 aliphatic carbocycles. The predicted molar refractivity (Wildman–Crippen MR) is 80.7 cm³/mol. The first-order valence-corrected chi connectivity index (χ1v) is 7.19. The molecule has 116 valence electrons. The Kier molecular flexibility index (Phi) is 5.94. The van der Waals surface area contributed by atoms with Crippen LogP contribution in [-0.2, 0) is 19.1 Å². The predicted octanol–water partition coefficient (Wildman–Crippen LogP) is 3.58. The lowest BCUT2D eigenvalue weighted by Gasteiger charge is -2.20. The summed E-state index contributed by atoms with van der Waals surface area (Å²) in [5.41, 5.74) is 1.48. The molecule has 4 nitrogen and oxygen atoms in total. The Balaban J connectivity index is 2.47. The summed E-state index contributed by atoms with van der Waals surface area (Å²) in [6, 6.07) is 7.76. The maximum absolute atomic E-state index is 11.8. The zero-order valence-corrected chi connectivity index (χ0v) is 13.4. The summed E-state index contributed by atoms with van der Waals surface area (Å²) in [6.45, 7) is 8.92. The van der Waals surface area contributed by atoms with Gasteiger partial charge in [0.05, 0.1) is 5.41 Å². The van der Waals surface area contributed by atoms with E-state index in [0.717, 1.165) is 11.1 Å². The average Bonchev–Trinajstić information content (AvgIpc) is 2.45. The van der Waals surface area contributed by atoms with E-state index >= 15 is 0 Å². The summed E-state index contributed by atoms with van der Waals surface area (Å²) in [6.07, 6.45) is 0.289. The van der Waals surface area contributed by atoms with E-state index in [4.69, 9.17) is 9.47 Å². The number of hydrogen-bond acceptors (Lipinski definition) is 4. The van der Waals surface area contributed by atoms with Crippen molar-refractivity contribution < 1.29 is 19.1 Å². The number of aryl methyl sites for hydroxylation is 1. The van der Waals surface area contributed by atoms with Crippen LogP contribution in [0.25, 0.3) is 0 Å². The Morgan fingerprint density at radius 1 is 1.19 bits per heavy atom. The summed E-state index contributed by atoms with van der Waals surface area (Å²) in [5.74, 6) is -0.923. The van der Waals surface area contributed by atoms with Crippen molar-refractivity contribution >= 4 is 11.9 Å². The van der Waals surface area contributed by atoms with Crippen LogP contribution >= 0.6 is 0 Å². The van der Waals surface area contributed by atoms with E-state index < -0.39 is 11.4 Å². The zero-order chi connectivity index (χ0) is 16.0. The van der Waals surface area contributed by atoms with Gasteiger partial charge in [0.15, 0.2) is 6.61 Å². The van der Waals surface area contributed by atoms with Gasteiger partial charge < -0.3 is 9.47 Å². The lowest BCUT2D eigenvalue weighted by molar-refractivity contribution is -0.167. The van der Waals surface area contributed by atoms with Crippen molar-refractivity contribution in [2.45, 2.75) is 47.1 Å². The fourth-order valence-electron chi connectivity index (χ4n) is 1.60. The molecule has 0 aromatic heterocycles. The van der Waals surface area contributed by atoms with E-state index in [1.165, 1.54) is 0 Å². The first kappa shape index (κ1) is 17.2. The van der Waals surface area contributed by atoms with Gasteiger partial charge in [-0.15, -0.1) is 0 Å². The van der Waals surface area contributed by atoms with Crippen LogP contribution in [0.3, 0.4) is 0 Å². The summed E-state index contributed by atoms with van der Waals surface area (Å²) < 4.78 is 10.3. The number of carbonyl (C=O) groups excluding carboxylic acids is 2. The molecule has 0 saturated carbocycles. The van der Waals surface area contributed by atoms with Gasteiger partial charge in [-0.05, 0) is 39.7 Å². The van der Waals surface area contributed by atoms with Crippen LogP contribution in [0.1, 0.15) is 51.3 Å². The highest BCUT2D eigenvalue weighted by molar-refractivity contribution is 5.79. The first-order valence-electron chi connectivity index (χ1n) is 7.19. The Morgan fingerprint density at radius 3 is 2.29 bits per heavy atom. The van der Waals surface area contributed by atoms with Gasteiger partial charge >= 0.3 is 11.9 Å². The van der Waals surface area contributed by atoms with Crippen LogP contribution in [0.2, 0.25) is 0 Å². The number of hydrogen-bond donors (Lipinski definition) is 0. The minimum absolute atomic E-state index is 0.349. The van der Waals surface area contributed by atoms with Crippen molar-refractivity contribution in [3.8, 4) is 0 Å². The van der Waals surface area contributed by atoms with Crippen molar-refractivity contribution in [2.75, 3.05) is 6.61 Å². The third-order valence-electron chi connectivity index (χ3n) is 3.61. The normalized spacial score (nSPS) is 12.6. The Hall–Kier alpha value is -1.84. The van der Waals surface area contributed by atoms with Crippen LogP contribution in [0, 0.1) is 12.3 Å². The van der Waals surface area contributed by atoms with Gasteiger partial charge in [0.1, 0.15) is 6.10 Å². The molecule has 0 radical (unpaired) electrons. The molecule has 0 heterocycles. The third-order valence-corrected chi connectivity index (χ3v) is 3.61. The Labute approximate surface area is 126 Å². The van der Waals surface area contributed by atoms with Crippen molar-refractivity contribution in [3.63, 3.8) is 0 Å². The van der Waals surface area contributed by atoms with E-state index in [0.29, 0.717) is 6.42 Å². The molecule has 1 rings (SSSR count). The average molecular weight is 292 g/mol. The molecule has 1 aromatic rings. The van der Waals surface area contributed by atoms with E-state index in [1.807, 2.05) is 38.1 Å². The van der Waals surface area contributed by atoms with Crippen molar-refractivity contribution in [1.82, 2.24) is 0 Å². The summed E-state index contributed by atoms with van der Waals surface area (Å²) >= 11 is 0. The minimum Gasteiger partial charge on any atom is -0.455 e. The van der Waals surface area contributed by atoms with Crippen LogP contribution in [0.4, 0.5) is 0 Å². The number of rotatable bonds is 6. The van der Waals surface area contributed by atoms with Gasteiger partial charge in [-0.25, -0.2) is 4.79 Å². The number of ether oxygens (including phenoxy) is 2. The SMILES string of the molecule is CCC(C)(C)C(=O)OCC(=O)OC(C)c1ccc(C)cc1. The van der Waals surface area contributed by atoms with Gasteiger partial charge in [-0.1, -0.05) is 36.8 Å². The highest BCUT2D eigenvalue weighted by atomic mass is 16.6. The van der Waals surface area contributed by atoms with Gasteiger partial charge in [-0.2, -0.15) is 0 Å².